The fraction of sp³-hybridized carbons (Fsp3) is 0.308. The maximum atomic E-state index is 13.1. The molecule has 4 N–H and O–H groups in total. The van der Waals surface area contributed by atoms with Crippen LogP contribution in [0.25, 0.3) is 0 Å². The van der Waals surface area contributed by atoms with Crippen molar-refractivity contribution < 1.29 is 28.6 Å². The van der Waals surface area contributed by atoms with Crippen molar-refractivity contribution in [2.75, 3.05) is 12.8 Å². The number of carboxylic acid groups (broad SMARTS) is 1. The van der Waals surface area contributed by atoms with E-state index >= 15 is 0 Å². The van der Waals surface area contributed by atoms with Gasteiger partial charge in [-0.05, 0) is 24.6 Å². The van der Waals surface area contributed by atoms with Gasteiger partial charge in [0.25, 0.3) is 5.91 Å². The molecule has 8 heteroatoms. The number of nitrogens with one attached hydrogen (secondary N) is 1. The smallest absolute Gasteiger partial charge is 0.326 e. The van der Waals surface area contributed by atoms with Crippen molar-refractivity contribution >= 4 is 23.5 Å². The molecule has 0 radical (unpaired) electrons. The molecule has 1 aromatic rings. The van der Waals surface area contributed by atoms with Crippen molar-refractivity contribution in [1.82, 2.24) is 5.32 Å². The van der Waals surface area contributed by atoms with Crippen LogP contribution in [0.1, 0.15) is 23.2 Å². The lowest BCUT2D eigenvalue weighted by molar-refractivity contribution is -0.142. The van der Waals surface area contributed by atoms with Gasteiger partial charge in [-0.2, -0.15) is 0 Å². The van der Waals surface area contributed by atoms with Gasteiger partial charge in [0, 0.05) is 12.1 Å². The number of anilines is 1. The predicted molar refractivity (Wildman–Crippen MR) is 71.0 cm³/mol. The van der Waals surface area contributed by atoms with Gasteiger partial charge in [-0.3, -0.25) is 9.59 Å². The minimum atomic E-state index is -1.32. The van der Waals surface area contributed by atoms with Crippen LogP contribution in [0.15, 0.2) is 18.2 Å². The molecule has 0 aliphatic carbocycles. The molecule has 0 unspecified atom stereocenters. The zero-order chi connectivity index (χ0) is 16.0. The fourth-order valence-electron chi connectivity index (χ4n) is 1.58. The molecule has 0 aliphatic heterocycles. The first-order valence-corrected chi connectivity index (χ1v) is 6.00. The van der Waals surface area contributed by atoms with Crippen LogP contribution < -0.4 is 11.1 Å². The topological polar surface area (TPSA) is 119 Å². The number of benzene rings is 1. The van der Waals surface area contributed by atoms with Gasteiger partial charge in [0.05, 0.1) is 12.7 Å². The summed E-state index contributed by atoms with van der Waals surface area (Å²) in [6.07, 6.45) is -0.324. The van der Waals surface area contributed by atoms with Gasteiger partial charge in [0.15, 0.2) is 0 Å². The Labute approximate surface area is 119 Å². The number of esters is 1. The normalized spacial score (nSPS) is 11.5. The zero-order valence-corrected chi connectivity index (χ0v) is 11.3. The summed E-state index contributed by atoms with van der Waals surface area (Å²) < 4.78 is 17.5. The molecule has 21 heavy (non-hydrogen) atoms. The molecular weight excluding hydrogens is 283 g/mol. The van der Waals surface area contributed by atoms with E-state index in [1.807, 2.05) is 0 Å². The number of nitrogen functional groups attached to an aromatic ring is 1. The van der Waals surface area contributed by atoms with Gasteiger partial charge >= 0.3 is 11.9 Å². The average molecular weight is 298 g/mol. The van der Waals surface area contributed by atoms with Crippen molar-refractivity contribution in [3.63, 3.8) is 0 Å². The first kappa shape index (κ1) is 16.4. The number of hydrogen-bond donors (Lipinski definition) is 3. The Kier molecular flexibility index (Phi) is 5.65. The summed E-state index contributed by atoms with van der Waals surface area (Å²) in [6, 6.07) is 1.88. The average Bonchev–Trinajstić information content (AvgIpc) is 2.44. The van der Waals surface area contributed by atoms with E-state index in [0.717, 1.165) is 12.1 Å². The maximum Gasteiger partial charge on any atom is 0.326 e. The van der Waals surface area contributed by atoms with Gasteiger partial charge in [-0.15, -0.1) is 0 Å². The van der Waals surface area contributed by atoms with Crippen molar-refractivity contribution in [3.8, 4) is 0 Å². The van der Waals surface area contributed by atoms with E-state index in [0.29, 0.717) is 0 Å². The SMILES string of the molecule is COC(=O)CC[C@@H](NC(=O)c1cc(F)ccc1N)C(=O)O. The second-order valence-electron chi connectivity index (χ2n) is 4.21. The minimum Gasteiger partial charge on any atom is -0.480 e. The van der Waals surface area contributed by atoms with Gasteiger partial charge in [0.2, 0.25) is 0 Å². The Morgan fingerprint density at radius 2 is 2.10 bits per heavy atom. The van der Waals surface area contributed by atoms with E-state index in [2.05, 4.69) is 10.1 Å². The molecule has 0 heterocycles. The second-order valence-corrected chi connectivity index (χ2v) is 4.21. The Morgan fingerprint density at radius 3 is 2.67 bits per heavy atom. The summed E-state index contributed by atoms with van der Waals surface area (Å²) in [7, 11) is 1.17. The number of ether oxygens (including phenoxy) is 1. The highest BCUT2D eigenvalue weighted by atomic mass is 19.1. The predicted octanol–water partition coefficient (Wildman–Crippen LogP) is 0.544. The van der Waals surface area contributed by atoms with Crippen molar-refractivity contribution in [2.24, 2.45) is 0 Å². The number of rotatable bonds is 6. The molecule has 1 amide bonds. The van der Waals surface area contributed by atoms with Crippen LogP contribution in [0, 0.1) is 5.82 Å². The lowest BCUT2D eigenvalue weighted by Gasteiger charge is -2.14. The quantitative estimate of drug-likeness (QED) is 0.521. The van der Waals surface area contributed by atoms with E-state index in [4.69, 9.17) is 10.8 Å². The lowest BCUT2D eigenvalue weighted by atomic mass is 10.1. The molecule has 1 atom stereocenters. The molecule has 0 bridgehead atoms. The first-order chi connectivity index (χ1) is 9.85. The molecule has 0 spiro atoms. The second kappa shape index (κ2) is 7.22. The van der Waals surface area contributed by atoms with Crippen LogP contribution in [-0.4, -0.2) is 36.1 Å². The third-order valence-electron chi connectivity index (χ3n) is 2.73. The highest BCUT2D eigenvalue weighted by Crippen LogP contribution is 2.14. The number of amides is 1. The monoisotopic (exact) mass is 298 g/mol. The van der Waals surface area contributed by atoms with E-state index in [-0.39, 0.29) is 24.1 Å². The number of halogens is 1. The van der Waals surface area contributed by atoms with E-state index in [1.54, 1.807) is 0 Å². The van der Waals surface area contributed by atoms with Crippen LogP contribution in [-0.2, 0) is 14.3 Å². The summed E-state index contributed by atoms with van der Waals surface area (Å²) in [6.45, 7) is 0. The summed E-state index contributed by atoms with van der Waals surface area (Å²) in [5.74, 6) is -3.41. The van der Waals surface area contributed by atoms with Crippen molar-refractivity contribution in [1.29, 1.82) is 0 Å². The molecule has 0 saturated heterocycles. The van der Waals surface area contributed by atoms with Gasteiger partial charge < -0.3 is 20.9 Å². The maximum absolute atomic E-state index is 13.1. The number of hydrogen-bond acceptors (Lipinski definition) is 5. The molecule has 0 fully saturated rings. The third-order valence-corrected chi connectivity index (χ3v) is 2.73. The number of carbonyl (C=O) groups excluding carboxylic acids is 2. The van der Waals surface area contributed by atoms with Crippen molar-refractivity contribution in [3.05, 3.63) is 29.6 Å². The Balaban J connectivity index is 2.79. The van der Waals surface area contributed by atoms with Gasteiger partial charge in [-0.1, -0.05) is 0 Å². The molecule has 114 valence electrons. The third kappa shape index (κ3) is 4.75. The molecule has 7 nitrogen and oxygen atoms in total. The highest BCUT2D eigenvalue weighted by Gasteiger charge is 2.23. The molecule has 0 aromatic heterocycles. The van der Waals surface area contributed by atoms with E-state index in [1.165, 1.54) is 13.2 Å². The van der Waals surface area contributed by atoms with Crippen LogP contribution >= 0.6 is 0 Å². The van der Waals surface area contributed by atoms with Gasteiger partial charge in [-0.25, -0.2) is 9.18 Å². The van der Waals surface area contributed by atoms with Crippen LogP contribution in [0.5, 0.6) is 0 Å². The van der Waals surface area contributed by atoms with Gasteiger partial charge in [0.1, 0.15) is 11.9 Å². The fourth-order valence-corrected chi connectivity index (χ4v) is 1.58. The number of carboxylic acids is 1. The molecule has 0 aliphatic rings. The summed E-state index contributed by atoms with van der Waals surface area (Å²) in [5, 5.41) is 11.2. The number of carbonyl (C=O) groups is 3. The number of nitrogens with two attached hydrogens (primary N) is 1. The van der Waals surface area contributed by atoms with Crippen LogP contribution in [0.2, 0.25) is 0 Å². The summed E-state index contributed by atoms with van der Waals surface area (Å²) in [4.78, 5) is 34.0. The standard InChI is InChI=1S/C13H15FN2O5/c1-21-11(17)5-4-10(13(19)20)16-12(18)8-6-7(14)2-3-9(8)15/h2-3,6,10H,4-5,15H2,1H3,(H,16,18)(H,19,20)/t10-/m1/s1. The Morgan fingerprint density at radius 1 is 1.43 bits per heavy atom. The molecule has 0 saturated carbocycles. The van der Waals surface area contributed by atoms with E-state index in [9.17, 15) is 18.8 Å². The molecule has 1 aromatic carbocycles. The minimum absolute atomic E-state index is 0.0195. The Bertz CT molecular complexity index is 561. The zero-order valence-electron chi connectivity index (χ0n) is 11.3. The van der Waals surface area contributed by atoms with E-state index < -0.39 is 29.7 Å². The molecular formula is C13H15FN2O5. The summed E-state index contributed by atoms with van der Waals surface area (Å²) in [5.41, 5.74) is 5.39. The Hall–Kier alpha value is -2.64. The van der Waals surface area contributed by atoms with Crippen LogP contribution in [0.3, 0.4) is 0 Å². The molecule has 1 rings (SSSR count). The number of aliphatic carboxylic acids is 1. The highest BCUT2D eigenvalue weighted by molar-refractivity contribution is 6.00. The number of methoxy groups -OCH3 is 1. The first-order valence-electron chi connectivity index (χ1n) is 6.00. The lowest BCUT2D eigenvalue weighted by Crippen LogP contribution is -2.41. The van der Waals surface area contributed by atoms with Crippen molar-refractivity contribution in [2.45, 2.75) is 18.9 Å². The van der Waals surface area contributed by atoms with Crippen LogP contribution in [0.4, 0.5) is 10.1 Å². The largest absolute Gasteiger partial charge is 0.480 e. The summed E-state index contributed by atoms with van der Waals surface area (Å²) >= 11 is 0.